The lowest BCUT2D eigenvalue weighted by Gasteiger charge is -2.21. The molecule has 1 aromatic rings. The summed E-state index contributed by atoms with van der Waals surface area (Å²) in [6.45, 7) is 6.48. The second-order valence-corrected chi connectivity index (χ2v) is 6.27. The molecule has 0 heterocycles. The van der Waals surface area contributed by atoms with Gasteiger partial charge in [-0.25, -0.2) is 12.8 Å². The molecule has 0 amide bonds. The van der Waals surface area contributed by atoms with Gasteiger partial charge in [-0.2, -0.15) is 4.31 Å². The lowest BCUT2D eigenvalue weighted by molar-refractivity contribution is 0.135. The molecule has 114 valence electrons. The quantitative estimate of drug-likeness (QED) is 0.615. The Morgan fingerprint density at radius 1 is 1.35 bits per heavy atom. The number of hydrogen-bond donors (Lipinski definition) is 1. The van der Waals surface area contributed by atoms with Gasteiger partial charge in [-0.1, -0.05) is 6.92 Å². The summed E-state index contributed by atoms with van der Waals surface area (Å²) in [5.41, 5.74) is 5.55. The summed E-state index contributed by atoms with van der Waals surface area (Å²) in [4.78, 5) is 0.00671. The van der Waals surface area contributed by atoms with Crippen molar-refractivity contribution in [1.29, 1.82) is 0 Å². The van der Waals surface area contributed by atoms with E-state index >= 15 is 0 Å². The molecule has 1 aromatic carbocycles. The van der Waals surface area contributed by atoms with Gasteiger partial charge in [-0.15, -0.1) is 0 Å². The summed E-state index contributed by atoms with van der Waals surface area (Å²) in [6.07, 6.45) is 0. The SMILES string of the molecule is CCOCCN(CC)S(=O)(=O)c1cc(C)c(F)c(N)c1. The first-order valence-electron chi connectivity index (χ1n) is 6.48. The average molecular weight is 304 g/mol. The molecular weight excluding hydrogens is 283 g/mol. The van der Waals surface area contributed by atoms with Crippen LogP contribution in [-0.2, 0) is 14.8 Å². The van der Waals surface area contributed by atoms with Crippen LogP contribution >= 0.6 is 0 Å². The van der Waals surface area contributed by atoms with E-state index in [0.29, 0.717) is 19.8 Å². The Bertz CT molecular complexity index is 538. The first-order chi connectivity index (χ1) is 9.34. The van der Waals surface area contributed by atoms with E-state index in [-0.39, 0.29) is 22.7 Å². The fraction of sp³-hybridized carbons (Fsp3) is 0.538. The van der Waals surface area contributed by atoms with E-state index in [1.807, 2.05) is 6.92 Å². The van der Waals surface area contributed by atoms with Crippen molar-refractivity contribution in [3.05, 3.63) is 23.5 Å². The Kier molecular flexibility index (Phi) is 5.91. The molecule has 0 fully saturated rings. The zero-order chi connectivity index (χ0) is 15.3. The van der Waals surface area contributed by atoms with Gasteiger partial charge >= 0.3 is 0 Å². The normalized spacial score (nSPS) is 12.1. The van der Waals surface area contributed by atoms with Crippen molar-refractivity contribution in [2.75, 3.05) is 32.0 Å². The van der Waals surface area contributed by atoms with Crippen LogP contribution in [-0.4, -0.2) is 39.0 Å². The van der Waals surface area contributed by atoms with Gasteiger partial charge in [0.15, 0.2) is 0 Å². The number of rotatable bonds is 7. The molecule has 0 radical (unpaired) electrons. The van der Waals surface area contributed by atoms with Crippen molar-refractivity contribution in [3.8, 4) is 0 Å². The van der Waals surface area contributed by atoms with Crippen molar-refractivity contribution < 1.29 is 17.5 Å². The molecule has 0 aliphatic carbocycles. The standard InChI is InChI=1S/C13H21FN2O3S/c1-4-16(6-7-19-5-2)20(17,18)11-8-10(3)13(14)12(15)9-11/h8-9H,4-7,15H2,1-3H3. The first-order valence-corrected chi connectivity index (χ1v) is 7.92. The summed E-state index contributed by atoms with van der Waals surface area (Å²) < 4.78 is 44.9. The highest BCUT2D eigenvalue weighted by atomic mass is 32.2. The first kappa shape index (κ1) is 16.9. The van der Waals surface area contributed by atoms with Crippen LogP contribution in [0.15, 0.2) is 17.0 Å². The predicted molar refractivity (Wildman–Crippen MR) is 76.5 cm³/mol. The van der Waals surface area contributed by atoms with E-state index in [9.17, 15) is 12.8 Å². The number of sulfonamides is 1. The van der Waals surface area contributed by atoms with Crippen LogP contribution in [0, 0.1) is 12.7 Å². The van der Waals surface area contributed by atoms with Gasteiger partial charge in [0.2, 0.25) is 10.0 Å². The van der Waals surface area contributed by atoms with E-state index in [1.165, 1.54) is 17.3 Å². The Morgan fingerprint density at radius 2 is 2.00 bits per heavy atom. The van der Waals surface area contributed by atoms with Gasteiger partial charge in [0.25, 0.3) is 0 Å². The van der Waals surface area contributed by atoms with Crippen LogP contribution in [0.25, 0.3) is 0 Å². The summed E-state index contributed by atoms with van der Waals surface area (Å²) in [5, 5.41) is 0. The Balaban J connectivity index is 3.08. The van der Waals surface area contributed by atoms with E-state index in [4.69, 9.17) is 10.5 Å². The van der Waals surface area contributed by atoms with Gasteiger partial charge in [0.05, 0.1) is 17.2 Å². The highest BCUT2D eigenvalue weighted by molar-refractivity contribution is 7.89. The maximum atomic E-state index is 13.5. The molecule has 0 saturated heterocycles. The fourth-order valence-electron chi connectivity index (χ4n) is 1.82. The number of nitrogen functional groups attached to an aromatic ring is 1. The van der Waals surface area contributed by atoms with E-state index in [0.717, 1.165) is 6.07 Å². The van der Waals surface area contributed by atoms with Gasteiger partial charge in [-0.3, -0.25) is 0 Å². The predicted octanol–water partition coefficient (Wildman–Crippen LogP) is 1.76. The number of nitrogens with zero attached hydrogens (tertiary/aromatic N) is 1. The highest BCUT2D eigenvalue weighted by Crippen LogP contribution is 2.23. The highest BCUT2D eigenvalue weighted by Gasteiger charge is 2.24. The van der Waals surface area contributed by atoms with Crippen LogP contribution in [0.4, 0.5) is 10.1 Å². The van der Waals surface area contributed by atoms with Gasteiger partial charge < -0.3 is 10.5 Å². The van der Waals surface area contributed by atoms with Crippen LogP contribution in [0.1, 0.15) is 19.4 Å². The Labute approximate surface area is 119 Å². The molecule has 0 aliphatic rings. The largest absolute Gasteiger partial charge is 0.396 e. The number of aryl methyl sites for hydroxylation is 1. The van der Waals surface area contributed by atoms with Crippen LogP contribution < -0.4 is 5.73 Å². The maximum absolute atomic E-state index is 13.5. The molecule has 7 heteroatoms. The second-order valence-electron chi connectivity index (χ2n) is 4.34. The van der Waals surface area contributed by atoms with Crippen molar-refractivity contribution in [2.45, 2.75) is 25.7 Å². The summed E-state index contributed by atoms with van der Waals surface area (Å²) >= 11 is 0. The zero-order valence-corrected chi connectivity index (χ0v) is 12.8. The third kappa shape index (κ3) is 3.68. The third-order valence-corrected chi connectivity index (χ3v) is 4.89. The lowest BCUT2D eigenvalue weighted by atomic mass is 10.2. The lowest BCUT2D eigenvalue weighted by Crippen LogP contribution is -2.34. The minimum absolute atomic E-state index is 0.00671. The number of likely N-dealkylation sites (N-methyl/N-ethyl adjacent to an activating group) is 1. The molecule has 0 aromatic heterocycles. The molecule has 0 atom stereocenters. The number of halogens is 1. The second kappa shape index (κ2) is 7.01. The molecule has 0 bridgehead atoms. The van der Waals surface area contributed by atoms with Gasteiger partial charge in [0, 0.05) is 19.7 Å². The van der Waals surface area contributed by atoms with E-state index in [1.54, 1.807) is 6.92 Å². The fourth-order valence-corrected chi connectivity index (χ4v) is 3.37. The molecular formula is C13H21FN2O3S. The van der Waals surface area contributed by atoms with Crippen molar-refractivity contribution in [2.24, 2.45) is 0 Å². The Hall–Kier alpha value is -1.18. The summed E-state index contributed by atoms with van der Waals surface area (Å²) in [5.74, 6) is -0.582. The minimum atomic E-state index is -3.69. The number of anilines is 1. The maximum Gasteiger partial charge on any atom is 0.243 e. The molecule has 2 N–H and O–H groups in total. The van der Waals surface area contributed by atoms with Gasteiger partial charge in [-0.05, 0) is 31.5 Å². The number of hydrogen-bond acceptors (Lipinski definition) is 4. The molecule has 0 aliphatic heterocycles. The van der Waals surface area contributed by atoms with Crippen molar-refractivity contribution in [3.63, 3.8) is 0 Å². The third-order valence-electron chi connectivity index (χ3n) is 2.94. The van der Waals surface area contributed by atoms with Crippen LogP contribution in [0.3, 0.4) is 0 Å². The molecule has 0 spiro atoms. The molecule has 20 heavy (non-hydrogen) atoms. The van der Waals surface area contributed by atoms with Crippen LogP contribution in [0.5, 0.6) is 0 Å². The average Bonchev–Trinajstić information content (AvgIpc) is 2.40. The number of nitrogens with two attached hydrogens (primary N) is 1. The van der Waals surface area contributed by atoms with Crippen molar-refractivity contribution in [1.82, 2.24) is 4.31 Å². The van der Waals surface area contributed by atoms with Crippen molar-refractivity contribution >= 4 is 15.7 Å². The molecule has 0 unspecified atom stereocenters. The molecule has 0 saturated carbocycles. The zero-order valence-electron chi connectivity index (χ0n) is 12.0. The molecule has 1 rings (SSSR count). The number of ether oxygens (including phenoxy) is 1. The van der Waals surface area contributed by atoms with Gasteiger partial charge in [0.1, 0.15) is 5.82 Å². The minimum Gasteiger partial charge on any atom is -0.396 e. The van der Waals surface area contributed by atoms with Crippen LogP contribution in [0.2, 0.25) is 0 Å². The topological polar surface area (TPSA) is 72.6 Å². The van der Waals surface area contributed by atoms with E-state index < -0.39 is 15.8 Å². The molecule has 5 nitrogen and oxygen atoms in total. The summed E-state index contributed by atoms with van der Waals surface area (Å²) in [6, 6.07) is 2.45. The number of benzene rings is 1. The smallest absolute Gasteiger partial charge is 0.243 e. The Morgan fingerprint density at radius 3 is 2.50 bits per heavy atom. The summed E-state index contributed by atoms with van der Waals surface area (Å²) in [7, 11) is -3.69. The van der Waals surface area contributed by atoms with E-state index in [2.05, 4.69) is 0 Å². The monoisotopic (exact) mass is 304 g/mol.